The van der Waals surface area contributed by atoms with Crippen LogP contribution in [0.3, 0.4) is 0 Å². The van der Waals surface area contributed by atoms with Crippen molar-refractivity contribution >= 4 is 0 Å². The van der Waals surface area contributed by atoms with E-state index in [0.717, 1.165) is 39.6 Å². The van der Waals surface area contributed by atoms with Gasteiger partial charge in [-0.1, -0.05) is 30.3 Å². The summed E-state index contributed by atoms with van der Waals surface area (Å²) in [6.45, 7) is 4.81. The van der Waals surface area contributed by atoms with Crippen LogP contribution in [-0.4, -0.2) is 37.4 Å². The van der Waals surface area contributed by atoms with Crippen LogP contribution in [0.15, 0.2) is 78.9 Å². The molecule has 1 N–H and O–H groups in total. The Hall–Kier alpha value is -3.61. The van der Waals surface area contributed by atoms with Crippen LogP contribution < -0.4 is 9.47 Å². The Labute approximate surface area is 200 Å². The maximum atomic E-state index is 6.30. The minimum atomic E-state index is -1.17. The molecule has 0 fully saturated rings. The fourth-order valence-corrected chi connectivity index (χ4v) is 4.00. The number of methoxy groups -OCH3 is 2. The van der Waals surface area contributed by atoms with Crippen molar-refractivity contribution in [2.45, 2.75) is 19.6 Å². The highest BCUT2D eigenvalue weighted by Crippen LogP contribution is 2.39. The number of nitrogens with zero attached hydrogens (tertiary/aromatic N) is 1. The number of aromatic amines is 1. The zero-order valence-electron chi connectivity index (χ0n) is 20.0. The molecule has 1 aromatic heterocycles. The van der Waals surface area contributed by atoms with Gasteiger partial charge in [0.15, 0.2) is 5.82 Å². The average molecular weight is 459 g/mol. The molecule has 0 aliphatic carbocycles. The first-order valence-electron chi connectivity index (χ1n) is 11.4. The van der Waals surface area contributed by atoms with Gasteiger partial charge in [-0.15, -0.1) is 0 Å². The van der Waals surface area contributed by atoms with E-state index in [1.807, 2.05) is 92.7 Å². The molecular weight excluding hydrogens is 428 g/mol. The first-order chi connectivity index (χ1) is 16.6. The summed E-state index contributed by atoms with van der Waals surface area (Å²) < 4.78 is 23.3. The van der Waals surface area contributed by atoms with Gasteiger partial charge in [-0.3, -0.25) is 0 Å². The second-order valence-electron chi connectivity index (χ2n) is 7.61. The number of imidazole rings is 1. The lowest BCUT2D eigenvalue weighted by Crippen LogP contribution is -2.36. The van der Waals surface area contributed by atoms with Crippen molar-refractivity contribution in [3.63, 3.8) is 0 Å². The Morgan fingerprint density at radius 2 is 1.24 bits per heavy atom. The summed E-state index contributed by atoms with van der Waals surface area (Å²) in [6, 6.07) is 25.6. The fraction of sp³-hybridized carbons (Fsp3) is 0.250. The highest BCUT2D eigenvalue weighted by molar-refractivity contribution is 5.79. The molecule has 4 rings (SSSR count). The maximum Gasteiger partial charge on any atom is 0.255 e. The maximum absolute atomic E-state index is 6.30. The minimum Gasteiger partial charge on any atom is -0.497 e. The normalized spacial score (nSPS) is 11.4. The Morgan fingerprint density at radius 1 is 0.706 bits per heavy atom. The third kappa shape index (κ3) is 4.55. The van der Waals surface area contributed by atoms with E-state index in [0.29, 0.717) is 19.0 Å². The van der Waals surface area contributed by atoms with Crippen LogP contribution in [0.5, 0.6) is 11.5 Å². The first kappa shape index (κ1) is 23.5. The van der Waals surface area contributed by atoms with Crippen LogP contribution in [0, 0.1) is 0 Å². The van der Waals surface area contributed by atoms with E-state index in [-0.39, 0.29) is 0 Å². The molecule has 6 nitrogen and oxygen atoms in total. The molecule has 6 heteroatoms. The molecule has 0 aliphatic rings. The molecule has 4 aromatic rings. The number of H-pyrrole nitrogens is 1. The van der Waals surface area contributed by atoms with E-state index in [1.165, 1.54) is 0 Å². The van der Waals surface area contributed by atoms with Crippen LogP contribution >= 0.6 is 0 Å². The van der Waals surface area contributed by atoms with Crippen molar-refractivity contribution < 1.29 is 18.9 Å². The van der Waals surface area contributed by atoms with Crippen molar-refractivity contribution in [1.29, 1.82) is 0 Å². The number of aromatic nitrogens is 2. The standard InChI is InChI=1S/C28H30N2O4/c1-5-33-28(34-6-2,22-10-8-7-9-11-22)27-29-25(20-12-16-23(31-3)17-13-20)26(30-27)21-14-18-24(32-4)19-15-21/h7-19H,5-6H2,1-4H3,(H,29,30). The summed E-state index contributed by atoms with van der Waals surface area (Å²) in [7, 11) is 3.31. The van der Waals surface area contributed by atoms with Crippen molar-refractivity contribution in [2.75, 3.05) is 27.4 Å². The number of hydrogen-bond acceptors (Lipinski definition) is 5. The predicted octanol–water partition coefficient (Wildman–Crippen LogP) is 6.04. The molecule has 3 aromatic carbocycles. The molecule has 0 spiro atoms. The van der Waals surface area contributed by atoms with Gasteiger partial charge in [0.1, 0.15) is 11.5 Å². The minimum absolute atomic E-state index is 0.450. The van der Waals surface area contributed by atoms with Crippen molar-refractivity contribution in [3.8, 4) is 34.0 Å². The summed E-state index contributed by atoms with van der Waals surface area (Å²) in [5.74, 6) is 0.986. The van der Waals surface area contributed by atoms with Gasteiger partial charge in [0, 0.05) is 29.9 Å². The van der Waals surface area contributed by atoms with Crippen LogP contribution in [0.25, 0.3) is 22.5 Å². The number of ether oxygens (including phenoxy) is 4. The Balaban J connectivity index is 1.93. The smallest absolute Gasteiger partial charge is 0.255 e. The number of hydrogen-bond donors (Lipinski definition) is 1. The number of benzene rings is 3. The Bertz CT molecular complexity index is 1110. The van der Waals surface area contributed by atoms with Gasteiger partial charge >= 0.3 is 0 Å². The van der Waals surface area contributed by atoms with E-state index in [1.54, 1.807) is 14.2 Å². The summed E-state index contributed by atoms with van der Waals surface area (Å²) >= 11 is 0. The van der Waals surface area contributed by atoms with Crippen LogP contribution in [0.1, 0.15) is 25.2 Å². The van der Waals surface area contributed by atoms with Crippen LogP contribution in [-0.2, 0) is 15.3 Å². The van der Waals surface area contributed by atoms with E-state index < -0.39 is 5.79 Å². The molecule has 176 valence electrons. The van der Waals surface area contributed by atoms with Crippen molar-refractivity contribution in [2.24, 2.45) is 0 Å². The summed E-state index contributed by atoms with van der Waals surface area (Å²) in [6.07, 6.45) is 0. The second kappa shape index (κ2) is 10.5. The van der Waals surface area contributed by atoms with Gasteiger partial charge in [0.05, 0.1) is 25.6 Å². The van der Waals surface area contributed by atoms with Gasteiger partial charge in [-0.25, -0.2) is 4.98 Å². The number of nitrogens with one attached hydrogen (secondary N) is 1. The summed E-state index contributed by atoms with van der Waals surface area (Å²) in [5.41, 5.74) is 4.45. The summed E-state index contributed by atoms with van der Waals surface area (Å²) in [5, 5.41) is 0. The van der Waals surface area contributed by atoms with Crippen molar-refractivity contribution in [3.05, 3.63) is 90.3 Å². The fourth-order valence-electron chi connectivity index (χ4n) is 4.00. The molecule has 0 bridgehead atoms. The van der Waals surface area contributed by atoms with Crippen LogP contribution in [0.2, 0.25) is 0 Å². The highest BCUT2D eigenvalue weighted by Gasteiger charge is 2.40. The second-order valence-corrected chi connectivity index (χ2v) is 7.61. The highest BCUT2D eigenvalue weighted by atomic mass is 16.7. The molecule has 0 atom stereocenters. The van der Waals surface area contributed by atoms with Gasteiger partial charge in [-0.2, -0.15) is 0 Å². The number of rotatable bonds is 10. The van der Waals surface area contributed by atoms with E-state index in [2.05, 4.69) is 4.98 Å². The molecule has 0 unspecified atom stereocenters. The van der Waals surface area contributed by atoms with Gasteiger partial charge in [0.25, 0.3) is 5.79 Å². The van der Waals surface area contributed by atoms with Gasteiger partial charge in [0.2, 0.25) is 0 Å². The molecular formula is C28H30N2O4. The van der Waals surface area contributed by atoms with Gasteiger partial charge < -0.3 is 23.9 Å². The summed E-state index contributed by atoms with van der Waals surface area (Å²) in [4.78, 5) is 8.60. The molecule has 34 heavy (non-hydrogen) atoms. The largest absolute Gasteiger partial charge is 0.497 e. The Kier molecular flexibility index (Phi) is 7.30. The first-order valence-corrected chi connectivity index (χ1v) is 11.4. The molecule has 0 saturated heterocycles. The lowest BCUT2D eigenvalue weighted by atomic mass is 10.0. The average Bonchev–Trinajstić information content (AvgIpc) is 3.35. The predicted molar refractivity (Wildman–Crippen MR) is 133 cm³/mol. The lowest BCUT2D eigenvalue weighted by molar-refractivity contribution is -0.217. The lowest BCUT2D eigenvalue weighted by Gasteiger charge is -2.31. The third-order valence-corrected chi connectivity index (χ3v) is 5.61. The van der Waals surface area contributed by atoms with E-state index in [4.69, 9.17) is 23.9 Å². The monoisotopic (exact) mass is 458 g/mol. The topological polar surface area (TPSA) is 65.6 Å². The molecule has 0 aliphatic heterocycles. The van der Waals surface area contributed by atoms with Gasteiger partial charge in [-0.05, 0) is 62.4 Å². The molecule has 0 radical (unpaired) electrons. The van der Waals surface area contributed by atoms with E-state index >= 15 is 0 Å². The quantitative estimate of drug-likeness (QED) is 0.294. The SMILES string of the molecule is CCOC(OCC)(c1ccccc1)c1nc(-c2ccc(OC)cc2)c(-c2ccc(OC)cc2)[nH]1. The molecule has 0 saturated carbocycles. The zero-order valence-corrected chi connectivity index (χ0v) is 20.0. The van der Waals surface area contributed by atoms with E-state index in [9.17, 15) is 0 Å². The molecule has 1 heterocycles. The third-order valence-electron chi connectivity index (χ3n) is 5.61. The Morgan fingerprint density at radius 3 is 1.74 bits per heavy atom. The van der Waals surface area contributed by atoms with Crippen molar-refractivity contribution in [1.82, 2.24) is 9.97 Å². The van der Waals surface area contributed by atoms with Crippen LogP contribution in [0.4, 0.5) is 0 Å². The molecule has 0 amide bonds. The zero-order chi connectivity index (χ0) is 24.0.